The number of nitrogens with one attached hydrogen (secondary N) is 1. The van der Waals surface area contributed by atoms with Crippen LogP contribution in [0.25, 0.3) is 11.8 Å². The van der Waals surface area contributed by atoms with Gasteiger partial charge in [-0.15, -0.1) is 0 Å². The molecule has 0 aromatic heterocycles. The number of hydrogen-bond donors (Lipinski definition) is 3. The highest BCUT2D eigenvalue weighted by Crippen LogP contribution is 2.78. The van der Waals surface area contributed by atoms with Gasteiger partial charge < -0.3 is 48.3 Å². The molecule has 7 fully saturated rings. The van der Waals surface area contributed by atoms with Crippen LogP contribution < -0.4 is 19.5 Å². The van der Waals surface area contributed by atoms with Crippen LogP contribution in [0.3, 0.4) is 0 Å². The number of fused-ring (bicyclic) bond motifs is 6. The summed E-state index contributed by atoms with van der Waals surface area (Å²) in [6, 6.07) is 7.76. The van der Waals surface area contributed by atoms with E-state index < -0.39 is 82.0 Å². The minimum atomic E-state index is -1.63. The van der Waals surface area contributed by atoms with Gasteiger partial charge in [-0.25, -0.2) is 4.79 Å². The summed E-state index contributed by atoms with van der Waals surface area (Å²) in [6.45, 7) is 21.1. The van der Waals surface area contributed by atoms with Crippen LogP contribution in [0.2, 0.25) is 0 Å². The number of benzene rings is 2. The molecule has 14 nitrogen and oxygen atoms in total. The number of allylic oxidation sites excluding steroid dienone is 5. The predicted octanol–water partition coefficient (Wildman–Crippen LogP) is 8.07. The van der Waals surface area contributed by atoms with Crippen LogP contribution in [-0.4, -0.2) is 112 Å². The molecular weight excluding hydrogens is 941 g/mol. The molecule has 6 aliphatic heterocycles. The fourth-order valence-electron chi connectivity index (χ4n) is 15.6. The number of hydrogen-bond acceptors (Lipinski definition) is 14. The number of rotatable bonds is 10. The van der Waals surface area contributed by atoms with Crippen molar-refractivity contribution in [3.63, 3.8) is 0 Å². The molecule has 3 N–H and O–H groups in total. The molecule has 74 heavy (non-hydrogen) atoms. The highest BCUT2D eigenvalue weighted by molar-refractivity contribution is 6.22. The number of carbonyl (C=O) groups is 3. The second-order valence-electron chi connectivity index (χ2n) is 24.5. The molecule has 4 saturated carbocycles. The molecule has 5 aliphatic carbocycles. The molecule has 13 rings (SSSR count). The lowest BCUT2D eigenvalue weighted by Gasteiger charge is -2.71. The lowest BCUT2D eigenvalue weighted by atomic mass is 9.39. The van der Waals surface area contributed by atoms with E-state index in [1.165, 1.54) is 12.7 Å². The highest BCUT2D eigenvalue weighted by Gasteiger charge is 2.89. The van der Waals surface area contributed by atoms with E-state index >= 15 is 9.59 Å². The fourth-order valence-corrected chi connectivity index (χ4v) is 15.6. The van der Waals surface area contributed by atoms with Crippen LogP contribution in [-0.2, 0) is 40.6 Å². The Morgan fingerprint density at radius 2 is 1.68 bits per heavy atom. The maximum Gasteiger partial charge on any atom is 0.333 e. The summed E-state index contributed by atoms with van der Waals surface area (Å²) in [4.78, 5) is 47.2. The van der Waals surface area contributed by atoms with E-state index in [0.29, 0.717) is 90.5 Å². The van der Waals surface area contributed by atoms with E-state index in [2.05, 4.69) is 69.1 Å². The van der Waals surface area contributed by atoms with Crippen LogP contribution in [0.15, 0.2) is 70.9 Å². The van der Waals surface area contributed by atoms with Crippen LogP contribution in [0.4, 0.5) is 0 Å². The van der Waals surface area contributed by atoms with E-state index in [9.17, 15) is 15.0 Å². The summed E-state index contributed by atoms with van der Waals surface area (Å²) in [5.41, 5.74) is 1.58. The molecule has 2 spiro atoms. The van der Waals surface area contributed by atoms with E-state index in [-0.39, 0.29) is 29.8 Å². The van der Waals surface area contributed by atoms with E-state index in [1.807, 2.05) is 52.0 Å². The quantitative estimate of drug-likeness (QED) is 0.119. The van der Waals surface area contributed by atoms with Crippen molar-refractivity contribution in [3.8, 4) is 17.2 Å². The zero-order valence-electron chi connectivity index (χ0n) is 44.7. The topological polar surface area (TPSA) is 172 Å². The SMILES string of the molecule is COC(=O)C(C)=CCC12OC(C)(C)C3CC(C1=O)C1C4=C(c5ccccc5C4=O)N4CCNC45c4c(O[C@H]6C[C@H]7COC(C)(C)O[C@@H]7[C@@H](O)[C@@H]6O)c6c(c(CC=C(C)C)c4OC32C15)OC(C)(CCC=C(C)C)C=C6. The van der Waals surface area contributed by atoms with E-state index in [0.717, 1.165) is 28.8 Å². The lowest BCUT2D eigenvalue weighted by Crippen LogP contribution is -2.84. The number of Topliss-reactive ketones (excluding diaryl/α,β-unsaturated/α-hetero) is 2. The summed E-state index contributed by atoms with van der Waals surface area (Å²) >= 11 is 0. The summed E-state index contributed by atoms with van der Waals surface area (Å²) in [5.74, 6) is -2.83. The van der Waals surface area contributed by atoms with Gasteiger partial charge in [0, 0.05) is 71.0 Å². The van der Waals surface area contributed by atoms with Crippen LogP contribution in [0, 0.1) is 29.6 Å². The van der Waals surface area contributed by atoms with E-state index in [1.54, 1.807) is 13.0 Å². The smallest absolute Gasteiger partial charge is 0.333 e. The van der Waals surface area contributed by atoms with Crippen molar-refractivity contribution in [1.29, 1.82) is 0 Å². The standard InChI is InChI=1S/C60H72N2O12/c1-30(2)15-14-22-57(10)23-21-37-49(72-57)36(19-18-31(3)4)51-43(50(37)70-39-27-33-29-69-56(8,9)71-48(33)47(65)46(39)64)60-52-41(42-44(62(60)26-25-61-60)34-16-12-13-17-35(34)45(42)63)38-28-40-55(6,7)74-58(53(38)66,59(40,52)73-51)24-20-32(5)54(67)68-11/h12-13,15-18,20-21,23,33,38-41,46-48,52,61,64-65H,14,19,22,24-29H2,1-11H3/t33-,38?,39-,40?,41?,46+,47-,48-,52?,57?,58?,59?,60?/m0/s1. The third kappa shape index (κ3) is 6.66. The normalized spacial score (nSPS) is 37.8. The molecule has 2 aromatic rings. The first-order chi connectivity index (χ1) is 35.0. The molecule has 0 amide bonds. The predicted molar refractivity (Wildman–Crippen MR) is 275 cm³/mol. The van der Waals surface area contributed by atoms with Gasteiger partial charge in [0.1, 0.15) is 46.8 Å². The Kier molecular flexibility index (Phi) is 11.2. The van der Waals surface area contributed by atoms with Gasteiger partial charge in [0.25, 0.3) is 0 Å². The van der Waals surface area contributed by atoms with Crippen LogP contribution in [0.5, 0.6) is 17.2 Å². The molecule has 2 aromatic carbocycles. The minimum Gasteiger partial charge on any atom is -0.486 e. The first-order valence-electron chi connectivity index (χ1n) is 26.9. The summed E-state index contributed by atoms with van der Waals surface area (Å²) in [5, 5.41) is 28.5. The molecular formula is C60H72N2O12. The average Bonchev–Trinajstić information content (AvgIpc) is 4.13. The van der Waals surface area contributed by atoms with Crippen molar-refractivity contribution in [2.45, 2.75) is 166 Å². The van der Waals surface area contributed by atoms with Crippen molar-refractivity contribution in [3.05, 3.63) is 98.7 Å². The zero-order valence-corrected chi connectivity index (χ0v) is 44.7. The molecule has 6 heterocycles. The van der Waals surface area contributed by atoms with Gasteiger partial charge in [-0.1, -0.05) is 53.6 Å². The monoisotopic (exact) mass is 1010 g/mol. The average molecular weight is 1010 g/mol. The van der Waals surface area contributed by atoms with Crippen molar-refractivity contribution < 1.29 is 57.8 Å². The third-order valence-electron chi connectivity index (χ3n) is 18.6. The Labute approximate surface area is 434 Å². The second kappa shape index (κ2) is 16.7. The Bertz CT molecular complexity index is 2950. The molecule has 13 atom stereocenters. The van der Waals surface area contributed by atoms with Crippen LogP contribution in [0.1, 0.15) is 134 Å². The molecule has 14 heteroatoms. The molecule has 8 unspecified atom stereocenters. The Balaban J connectivity index is 1.18. The van der Waals surface area contributed by atoms with Crippen molar-refractivity contribution >= 4 is 29.3 Å². The maximum atomic E-state index is 16.3. The largest absolute Gasteiger partial charge is 0.486 e. The number of aliphatic hydroxyl groups is 2. The van der Waals surface area contributed by atoms with Crippen LogP contribution >= 0.6 is 0 Å². The van der Waals surface area contributed by atoms with Gasteiger partial charge in [0.15, 0.2) is 28.6 Å². The molecule has 4 bridgehead atoms. The Hall–Kier alpha value is -5.09. The molecule has 11 aliphatic rings. The number of nitrogens with zero attached hydrogens (tertiary/aromatic N) is 1. The Morgan fingerprint density at radius 3 is 2.41 bits per heavy atom. The maximum absolute atomic E-state index is 16.3. The van der Waals surface area contributed by atoms with Gasteiger partial charge in [0.2, 0.25) is 0 Å². The van der Waals surface area contributed by atoms with Gasteiger partial charge >= 0.3 is 5.97 Å². The Morgan fingerprint density at radius 1 is 0.932 bits per heavy atom. The van der Waals surface area contributed by atoms with Gasteiger partial charge in [-0.2, -0.15) is 0 Å². The summed E-state index contributed by atoms with van der Waals surface area (Å²) < 4.78 is 48.4. The first-order valence-corrected chi connectivity index (χ1v) is 26.9. The molecule has 3 saturated heterocycles. The number of ketones is 2. The number of carbonyl (C=O) groups excluding carboxylic acids is 3. The van der Waals surface area contributed by atoms with Crippen molar-refractivity contribution in [1.82, 2.24) is 10.2 Å². The van der Waals surface area contributed by atoms with Crippen molar-refractivity contribution in [2.75, 3.05) is 26.8 Å². The second-order valence-corrected chi connectivity index (χ2v) is 24.5. The fraction of sp³-hybridized carbons (Fsp3) is 0.583. The number of aliphatic hydroxyl groups excluding tert-OH is 2. The van der Waals surface area contributed by atoms with Gasteiger partial charge in [-0.05, 0) is 113 Å². The van der Waals surface area contributed by atoms with Gasteiger partial charge in [-0.3, -0.25) is 14.9 Å². The first kappa shape index (κ1) is 49.8. The number of ether oxygens (including phenoxy) is 7. The minimum absolute atomic E-state index is 0.0207. The highest BCUT2D eigenvalue weighted by atomic mass is 16.7. The van der Waals surface area contributed by atoms with Crippen molar-refractivity contribution in [2.24, 2.45) is 29.6 Å². The molecule has 0 radical (unpaired) electrons. The lowest BCUT2D eigenvalue weighted by molar-refractivity contribution is -0.328. The number of methoxy groups -OCH3 is 1. The number of esters is 1. The zero-order chi connectivity index (χ0) is 52.4. The van der Waals surface area contributed by atoms with Gasteiger partial charge in [0.05, 0.1) is 48.2 Å². The summed E-state index contributed by atoms with van der Waals surface area (Å²) in [7, 11) is 1.34. The third-order valence-corrected chi connectivity index (χ3v) is 18.6. The molecule has 394 valence electrons. The summed E-state index contributed by atoms with van der Waals surface area (Å²) in [6.07, 6.45) is 8.63. The van der Waals surface area contributed by atoms with E-state index in [4.69, 9.17) is 33.2 Å².